The van der Waals surface area contributed by atoms with E-state index in [1.54, 1.807) is 18.7 Å². The molecule has 0 saturated carbocycles. The summed E-state index contributed by atoms with van der Waals surface area (Å²) >= 11 is 5.23. The van der Waals surface area contributed by atoms with E-state index in [1.165, 1.54) is 9.58 Å². The second-order valence-corrected chi connectivity index (χ2v) is 4.67. The van der Waals surface area contributed by atoms with Crippen LogP contribution >= 0.6 is 12.2 Å². The highest BCUT2D eigenvalue weighted by Gasteiger charge is 2.16. The van der Waals surface area contributed by atoms with Gasteiger partial charge in [-0.25, -0.2) is 4.79 Å². The summed E-state index contributed by atoms with van der Waals surface area (Å²) in [5.41, 5.74) is 0. The van der Waals surface area contributed by atoms with E-state index in [0.29, 0.717) is 11.3 Å². The van der Waals surface area contributed by atoms with Crippen LogP contribution in [-0.2, 0) is 13.6 Å². The van der Waals surface area contributed by atoms with Crippen LogP contribution in [0.2, 0.25) is 0 Å². The van der Waals surface area contributed by atoms with Crippen molar-refractivity contribution in [3.63, 3.8) is 0 Å². The number of nitrogens with zero attached hydrogens (tertiary/aromatic N) is 5. The molecule has 0 saturated heterocycles. The third kappa shape index (κ3) is 2.97. The van der Waals surface area contributed by atoms with Crippen molar-refractivity contribution in [3.05, 3.63) is 10.6 Å². The van der Waals surface area contributed by atoms with E-state index in [9.17, 15) is 4.79 Å². The summed E-state index contributed by atoms with van der Waals surface area (Å²) in [6.45, 7) is 6.77. The van der Waals surface area contributed by atoms with Crippen LogP contribution in [0.1, 0.15) is 19.7 Å². The standard InChI is InChI=1S/C11H21N5OS/c1-6-15(7-2)8-9-12-16(10(17)13(3)4)11(18)14(9)5/h6-8H2,1-5H3. The van der Waals surface area contributed by atoms with Crippen LogP contribution < -0.4 is 0 Å². The van der Waals surface area contributed by atoms with Gasteiger partial charge in [-0.3, -0.25) is 4.90 Å². The fourth-order valence-electron chi connectivity index (χ4n) is 1.58. The Morgan fingerprint density at radius 1 is 1.33 bits per heavy atom. The molecule has 6 nitrogen and oxygen atoms in total. The third-order valence-electron chi connectivity index (χ3n) is 2.89. The van der Waals surface area contributed by atoms with Crippen LogP contribution in [0.4, 0.5) is 4.79 Å². The molecule has 1 aromatic heterocycles. The van der Waals surface area contributed by atoms with Crippen molar-refractivity contribution in [2.75, 3.05) is 27.2 Å². The Balaban J connectivity index is 3.06. The van der Waals surface area contributed by atoms with Crippen LogP contribution in [0.25, 0.3) is 0 Å². The molecule has 0 aliphatic heterocycles. The largest absolute Gasteiger partial charge is 0.346 e. The summed E-state index contributed by atoms with van der Waals surface area (Å²) in [4.78, 5) is 15.6. The smallest absolute Gasteiger partial charge is 0.329 e. The topological polar surface area (TPSA) is 46.3 Å². The Kier molecular flexibility index (Phi) is 5.03. The first kappa shape index (κ1) is 14.8. The van der Waals surface area contributed by atoms with E-state index in [4.69, 9.17) is 12.2 Å². The van der Waals surface area contributed by atoms with Crippen LogP contribution in [-0.4, -0.2) is 57.4 Å². The molecule has 1 aromatic rings. The van der Waals surface area contributed by atoms with E-state index < -0.39 is 0 Å². The summed E-state index contributed by atoms with van der Waals surface area (Å²) in [5.74, 6) is 0.805. The lowest BCUT2D eigenvalue weighted by molar-refractivity contribution is 0.215. The number of carbonyl (C=O) groups excluding carboxylic acids is 1. The third-order valence-corrected chi connectivity index (χ3v) is 3.34. The number of hydrogen-bond donors (Lipinski definition) is 0. The van der Waals surface area contributed by atoms with Crippen LogP contribution in [0, 0.1) is 4.77 Å². The van der Waals surface area contributed by atoms with Gasteiger partial charge in [0.1, 0.15) is 5.82 Å². The molecule has 1 amide bonds. The molecule has 0 spiro atoms. The van der Waals surface area contributed by atoms with Gasteiger partial charge in [0.05, 0.1) is 6.54 Å². The first-order valence-corrected chi connectivity index (χ1v) is 6.42. The predicted molar refractivity (Wildman–Crippen MR) is 73.1 cm³/mol. The van der Waals surface area contributed by atoms with Gasteiger partial charge in [0.15, 0.2) is 0 Å². The molecule has 0 bridgehead atoms. The van der Waals surface area contributed by atoms with Gasteiger partial charge >= 0.3 is 6.03 Å². The Bertz CT molecular complexity index is 472. The zero-order chi connectivity index (χ0) is 13.9. The van der Waals surface area contributed by atoms with Gasteiger partial charge < -0.3 is 9.47 Å². The SMILES string of the molecule is CCN(CC)Cc1nn(C(=O)N(C)C)c(=S)n1C. The average Bonchev–Trinajstić information content (AvgIpc) is 2.62. The number of hydrogen-bond acceptors (Lipinski definition) is 4. The van der Waals surface area contributed by atoms with Gasteiger partial charge in [0.25, 0.3) is 0 Å². The first-order chi connectivity index (χ1) is 8.42. The lowest BCUT2D eigenvalue weighted by atomic mass is 10.4. The van der Waals surface area contributed by atoms with E-state index in [2.05, 4.69) is 23.8 Å². The number of aromatic nitrogens is 3. The maximum atomic E-state index is 11.9. The second kappa shape index (κ2) is 6.10. The van der Waals surface area contributed by atoms with Crippen molar-refractivity contribution < 1.29 is 4.79 Å². The summed E-state index contributed by atoms with van der Waals surface area (Å²) in [6, 6.07) is -0.221. The summed E-state index contributed by atoms with van der Waals surface area (Å²) in [6.07, 6.45) is 0. The minimum absolute atomic E-state index is 0.221. The van der Waals surface area contributed by atoms with Crippen LogP contribution in [0.5, 0.6) is 0 Å². The highest BCUT2D eigenvalue weighted by molar-refractivity contribution is 7.71. The van der Waals surface area contributed by atoms with E-state index >= 15 is 0 Å². The zero-order valence-electron chi connectivity index (χ0n) is 11.7. The van der Waals surface area contributed by atoms with Gasteiger partial charge in [-0.05, 0) is 25.3 Å². The zero-order valence-corrected chi connectivity index (χ0v) is 12.5. The van der Waals surface area contributed by atoms with Crippen molar-refractivity contribution >= 4 is 18.2 Å². The van der Waals surface area contributed by atoms with Crippen LogP contribution in [0.3, 0.4) is 0 Å². The maximum absolute atomic E-state index is 11.9. The minimum atomic E-state index is -0.221. The molecule has 0 fully saturated rings. The molecule has 18 heavy (non-hydrogen) atoms. The summed E-state index contributed by atoms with van der Waals surface area (Å²) < 4.78 is 3.49. The molecule has 102 valence electrons. The lowest BCUT2D eigenvalue weighted by Gasteiger charge is -2.16. The van der Waals surface area contributed by atoms with Crippen molar-refractivity contribution in [2.24, 2.45) is 7.05 Å². The molecule has 0 atom stereocenters. The molecule has 0 N–H and O–H groups in total. The first-order valence-electron chi connectivity index (χ1n) is 6.01. The fraction of sp³-hybridized carbons (Fsp3) is 0.727. The Hall–Kier alpha value is -1.21. The minimum Gasteiger partial charge on any atom is -0.329 e. The van der Waals surface area contributed by atoms with E-state index in [1.807, 2.05) is 7.05 Å². The van der Waals surface area contributed by atoms with Crippen molar-refractivity contribution in [2.45, 2.75) is 20.4 Å². The maximum Gasteiger partial charge on any atom is 0.346 e. The molecular formula is C11H21N5OS. The van der Waals surface area contributed by atoms with Gasteiger partial charge in [-0.15, -0.1) is 5.10 Å². The second-order valence-electron chi connectivity index (χ2n) is 4.31. The number of carbonyl (C=O) groups is 1. The lowest BCUT2D eigenvalue weighted by Crippen LogP contribution is -2.28. The Morgan fingerprint density at radius 3 is 2.33 bits per heavy atom. The van der Waals surface area contributed by atoms with E-state index in [-0.39, 0.29) is 6.03 Å². The fourth-order valence-corrected chi connectivity index (χ4v) is 1.80. The molecular weight excluding hydrogens is 250 g/mol. The molecule has 1 rings (SSSR count). The van der Waals surface area contributed by atoms with Gasteiger partial charge in [0.2, 0.25) is 4.77 Å². The molecule has 0 radical (unpaired) electrons. The van der Waals surface area contributed by atoms with Gasteiger partial charge in [-0.2, -0.15) is 4.68 Å². The van der Waals surface area contributed by atoms with E-state index in [0.717, 1.165) is 18.9 Å². The number of amides is 1. The van der Waals surface area contributed by atoms with Crippen molar-refractivity contribution in [3.8, 4) is 0 Å². The molecule has 0 unspecified atom stereocenters. The Labute approximate surface area is 113 Å². The number of rotatable bonds is 4. The molecule has 0 aromatic carbocycles. The van der Waals surface area contributed by atoms with Crippen molar-refractivity contribution in [1.29, 1.82) is 0 Å². The van der Waals surface area contributed by atoms with Gasteiger partial charge in [-0.1, -0.05) is 13.8 Å². The van der Waals surface area contributed by atoms with Crippen LogP contribution in [0.15, 0.2) is 0 Å². The summed E-state index contributed by atoms with van der Waals surface area (Å²) in [7, 11) is 5.21. The normalized spacial score (nSPS) is 11.0. The quantitative estimate of drug-likeness (QED) is 0.775. The highest BCUT2D eigenvalue weighted by atomic mass is 32.1. The molecule has 0 aliphatic rings. The Morgan fingerprint density at radius 2 is 1.89 bits per heavy atom. The molecule has 1 heterocycles. The van der Waals surface area contributed by atoms with Crippen molar-refractivity contribution in [1.82, 2.24) is 24.1 Å². The molecule has 7 heteroatoms. The highest BCUT2D eigenvalue weighted by Crippen LogP contribution is 2.04. The summed E-state index contributed by atoms with van der Waals surface area (Å²) in [5, 5.41) is 4.31. The predicted octanol–water partition coefficient (Wildman–Crippen LogP) is 1.32. The van der Waals surface area contributed by atoms with Gasteiger partial charge in [0, 0.05) is 21.1 Å². The average molecular weight is 271 g/mol. The molecule has 0 aliphatic carbocycles. The monoisotopic (exact) mass is 271 g/mol.